The maximum atomic E-state index is 11.5. The molecule has 1 aliphatic carbocycles. The fourth-order valence-electron chi connectivity index (χ4n) is 1.41. The SMILES string of the molecule is CC(C)OC(=S)S[C@@H]1CCCCC1=O. The summed E-state index contributed by atoms with van der Waals surface area (Å²) in [7, 11) is 0. The first-order valence-corrected chi connectivity index (χ1v) is 6.28. The molecule has 0 aromatic carbocycles. The van der Waals surface area contributed by atoms with E-state index in [1.807, 2.05) is 13.8 Å². The van der Waals surface area contributed by atoms with Gasteiger partial charge < -0.3 is 4.74 Å². The largest absolute Gasteiger partial charge is 0.476 e. The van der Waals surface area contributed by atoms with Crippen molar-refractivity contribution < 1.29 is 9.53 Å². The molecule has 4 heteroatoms. The minimum Gasteiger partial charge on any atom is -0.476 e. The van der Waals surface area contributed by atoms with Gasteiger partial charge in [0.05, 0.1) is 11.4 Å². The Morgan fingerprint density at radius 3 is 2.86 bits per heavy atom. The van der Waals surface area contributed by atoms with Gasteiger partial charge in [-0.25, -0.2) is 0 Å². The molecule has 0 spiro atoms. The van der Waals surface area contributed by atoms with Gasteiger partial charge in [-0.15, -0.1) is 0 Å². The molecule has 0 unspecified atom stereocenters. The summed E-state index contributed by atoms with van der Waals surface area (Å²) in [6, 6.07) is 0. The van der Waals surface area contributed by atoms with E-state index in [4.69, 9.17) is 17.0 Å². The summed E-state index contributed by atoms with van der Waals surface area (Å²) in [6.45, 7) is 3.88. The Bertz CT molecular complexity index is 226. The number of ether oxygens (including phenoxy) is 1. The summed E-state index contributed by atoms with van der Waals surface area (Å²) < 4.78 is 5.86. The number of carbonyl (C=O) groups is 1. The van der Waals surface area contributed by atoms with Crippen molar-refractivity contribution in [1.82, 2.24) is 0 Å². The Hall–Kier alpha value is -0.0900. The zero-order chi connectivity index (χ0) is 10.6. The molecule has 0 heterocycles. The third kappa shape index (κ3) is 3.96. The molecular formula is C10H16O2S2. The Morgan fingerprint density at radius 2 is 2.29 bits per heavy atom. The van der Waals surface area contributed by atoms with Crippen molar-refractivity contribution in [3.8, 4) is 0 Å². The second-order valence-electron chi connectivity index (χ2n) is 3.74. The van der Waals surface area contributed by atoms with Gasteiger partial charge in [0.25, 0.3) is 0 Å². The fraction of sp³-hybridized carbons (Fsp3) is 0.800. The van der Waals surface area contributed by atoms with Gasteiger partial charge >= 0.3 is 0 Å². The molecule has 2 nitrogen and oxygen atoms in total. The van der Waals surface area contributed by atoms with E-state index >= 15 is 0 Å². The second-order valence-corrected chi connectivity index (χ2v) is 5.54. The monoisotopic (exact) mass is 232 g/mol. The smallest absolute Gasteiger partial charge is 0.220 e. The molecule has 14 heavy (non-hydrogen) atoms. The minimum absolute atomic E-state index is 0.0509. The summed E-state index contributed by atoms with van der Waals surface area (Å²) >= 11 is 6.47. The molecule has 0 saturated heterocycles. The van der Waals surface area contributed by atoms with Crippen molar-refractivity contribution in [3.63, 3.8) is 0 Å². The van der Waals surface area contributed by atoms with Crippen molar-refractivity contribution in [2.75, 3.05) is 0 Å². The Kier molecular flexibility index (Phi) is 4.89. The molecule has 1 atom stereocenters. The van der Waals surface area contributed by atoms with Crippen LogP contribution >= 0.6 is 24.0 Å². The van der Waals surface area contributed by atoms with Gasteiger partial charge in [0.1, 0.15) is 5.78 Å². The molecule has 0 bridgehead atoms. The molecule has 1 aliphatic rings. The molecule has 0 N–H and O–H groups in total. The summed E-state index contributed by atoms with van der Waals surface area (Å²) in [6.07, 6.45) is 3.93. The highest BCUT2D eigenvalue weighted by Crippen LogP contribution is 2.27. The van der Waals surface area contributed by atoms with Gasteiger partial charge in [-0.2, -0.15) is 0 Å². The molecule has 0 radical (unpaired) electrons. The van der Waals surface area contributed by atoms with Gasteiger partial charge in [-0.3, -0.25) is 4.79 Å². The quantitative estimate of drug-likeness (QED) is 0.684. The van der Waals surface area contributed by atoms with Crippen LogP contribution in [0.3, 0.4) is 0 Å². The topological polar surface area (TPSA) is 26.3 Å². The molecule has 0 aliphatic heterocycles. The summed E-state index contributed by atoms with van der Waals surface area (Å²) in [4.78, 5) is 11.5. The lowest BCUT2D eigenvalue weighted by atomic mass is 9.99. The van der Waals surface area contributed by atoms with Crippen molar-refractivity contribution in [2.24, 2.45) is 0 Å². The molecule has 0 aromatic heterocycles. The van der Waals surface area contributed by atoms with Gasteiger partial charge in [-0.05, 0) is 38.9 Å². The third-order valence-electron chi connectivity index (χ3n) is 2.07. The predicted molar refractivity (Wildman–Crippen MR) is 63.7 cm³/mol. The molecule has 80 valence electrons. The van der Waals surface area contributed by atoms with E-state index in [9.17, 15) is 4.79 Å². The predicted octanol–water partition coefficient (Wildman–Crippen LogP) is 2.94. The van der Waals surface area contributed by atoms with Crippen LogP contribution in [0.25, 0.3) is 0 Å². The van der Waals surface area contributed by atoms with Crippen LogP contribution in [-0.4, -0.2) is 21.5 Å². The standard InChI is InChI=1S/C10H16O2S2/c1-7(2)12-10(13)14-9-6-4-3-5-8(9)11/h7,9H,3-6H2,1-2H3/t9-/m1/s1. The zero-order valence-corrected chi connectivity index (χ0v) is 10.2. The number of thiocarbonyl (C=S) groups is 1. The molecule has 1 fully saturated rings. The second kappa shape index (κ2) is 5.71. The number of rotatable bonds is 2. The van der Waals surface area contributed by atoms with E-state index in [2.05, 4.69) is 0 Å². The van der Waals surface area contributed by atoms with Crippen LogP contribution in [0.5, 0.6) is 0 Å². The maximum absolute atomic E-state index is 11.5. The molecule has 0 aromatic rings. The summed E-state index contributed by atoms with van der Waals surface area (Å²) in [5.41, 5.74) is 0. The third-order valence-corrected chi connectivity index (χ3v) is 3.53. The number of hydrogen-bond acceptors (Lipinski definition) is 4. The molecule has 1 rings (SSSR count). The first-order chi connectivity index (χ1) is 6.59. The van der Waals surface area contributed by atoms with Crippen molar-refractivity contribution in [1.29, 1.82) is 0 Å². The molecule has 1 saturated carbocycles. The van der Waals surface area contributed by atoms with E-state index in [1.165, 1.54) is 11.8 Å². The van der Waals surface area contributed by atoms with Gasteiger partial charge in [-0.1, -0.05) is 18.2 Å². The Morgan fingerprint density at radius 1 is 1.57 bits per heavy atom. The number of carbonyl (C=O) groups excluding carboxylic acids is 1. The highest BCUT2D eigenvalue weighted by atomic mass is 32.2. The van der Waals surface area contributed by atoms with Crippen LogP contribution in [0.4, 0.5) is 0 Å². The van der Waals surface area contributed by atoms with Crippen LogP contribution in [0.15, 0.2) is 0 Å². The number of hydrogen-bond donors (Lipinski definition) is 0. The Labute approximate surface area is 94.8 Å². The first-order valence-electron chi connectivity index (χ1n) is 4.99. The fourth-order valence-corrected chi connectivity index (χ4v) is 2.97. The van der Waals surface area contributed by atoms with Crippen LogP contribution in [0.1, 0.15) is 39.5 Å². The number of thioether (sulfide) groups is 1. The van der Waals surface area contributed by atoms with Gasteiger partial charge in [0, 0.05) is 6.42 Å². The summed E-state index contributed by atoms with van der Waals surface area (Å²) in [5.74, 6) is 0.330. The van der Waals surface area contributed by atoms with Gasteiger partial charge in [0.2, 0.25) is 4.38 Å². The minimum atomic E-state index is 0.0509. The van der Waals surface area contributed by atoms with Crippen LogP contribution in [0, 0.1) is 0 Å². The highest BCUT2D eigenvalue weighted by Gasteiger charge is 2.24. The van der Waals surface area contributed by atoms with E-state index in [0.29, 0.717) is 16.6 Å². The lowest BCUT2D eigenvalue weighted by molar-refractivity contribution is -0.119. The molecular weight excluding hydrogens is 216 g/mol. The average Bonchev–Trinajstić information content (AvgIpc) is 2.07. The lowest BCUT2D eigenvalue weighted by Crippen LogP contribution is -2.23. The van der Waals surface area contributed by atoms with Crippen LogP contribution in [0.2, 0.25) is 0 Å². The van der Waals surface area contributed by atoms with Crippen molar-refractivity contribution >= 4 is 34.1 Å². The zero-order valence-electron chi connectivity index (χ0n) is 8.62. The van der Waals surface area contributed by atoms with Gasteiger partial charge in [0.15, 0.2) is 0 Å². The van der Waals surface area contributed by atoms with Crippen molar-refractivity contribution in [3.05, 3.63) is 0 Å². The van der Waals surface area contributed by atoms with Crippen molar-refractivity contribution in [2.45, 2.75) is 50.9 Å². The first kappa shape index (κ1) is 12.0. The number of ketones is 1. The van der Waals surface area contributed by atoms with E-state index in [1.54, 1.807) is 0 Å². The van der Waals surface area contributed by atoms with E-state index in [0.717, 1.165) is 19.3 Å². The average molecular weight is 232 g/mol. The van der Waals surface area contributed by atoms with E-state index in [-0.39, 0.29) is 11.4 Å². The summed E-state index contributed by atoms with van der Waals surface area (Å²) in [5, 5.41) is 0.0509. The lowest BCUT2D eigenvalue weighted by Gasteiger charge is -2.20. The van der Waals surface area contributed by atoms with E-state index < -0.39 is 0 Å². The molecule has 0 amide bonds. The normalized spacial score (nSPS) is 22.5. The Balaban J connectivity index is 2.34. The maximum Gasteiger partial charge on any atom is 0.220 e. The van der Waals surface area contributed by atoms with Crippen LogP contribution < -0.4 is 0 Å². The van der Waals surface area contributed by atoms with Crippen LogP contribution in [-0.2, 0) is 9.53 Å². The number of Topliss-reactive ketones (excluding diaryl/α,β-unsaturated/α-hetero) is 1. The highest BCUT2D eigenvalue weighted by molar-refractivity contribution is 8.23.